The van der Waals surface area contributed by atoms with Gasteiger partial charge in [0.2, 0.25) is 0 Å². The normalized spacial score (nSPS) is 15.0. The van der Waals surface area contributed by atoms with Crippen LogP contribution in [-0.2, 0) is 9.05 Å². The van der Waals surface area contributed by atoms with Crippen molar-refractivity contribution < 1.29 is 17.6 Å². The standard InChI is InChI=1S/C14H17ClFNO3S/c1-2-3-8-17(11-5-6-11)14(18)10-4-7-12(16)13(9-10)21(15,19)20/h4,7,9,11H,2-3,5-6,8H2,1H3. The number of benzene rings is 1. The Hall–Kier alpha value is -1.14. The Morgan fingerprint density at radius 1 is 1.43 bits per heavy atom. The Balaban J connectivity index is 2.29. The molecule has 1 fully saturated rings. The predicted molar refractivity (Wildman–Crippen MR) is 78.4 cm³/mol. The maximum atomic E-state index is 13.5. The molecule has 1 aromatic carbocycles. The van der Waals surface area contributed by atoms with Crippen LogP contribution in [-0.4, -0.2) is 31.8 Å². The number of rotatable bonds is 6. The average Bonchev–Trinajstić information content (AvgIpc) is 3.22. The molecule has 2 rings (SSSR count). The van der Waals surface area contributed by atoms with Crippen molar-refractivity contribution >= 4 is 25.6 Å². The van der Waals surface area contributed by atoms with Gasteiger partial charge in [0.05, 0.1) is 0 Å². The van der Waals surface area contributed by atoms with Crippen LogP contribution in [0.5, 0.6) is 0 Å². The van der Waals surface area contributed by atoms with Crippen LogP contribution >= 0.6 is 10.7 Å². The molecule has 0 N–H and O–H groups in total. The average molecular weight is 334 g/mol. The van der Waals surface area contributed by atoms with Crippen LogP contribution < -0.4 is 0 Å². The van der Waals surface area contributed by atoms with Gasteiger partial charge >= 0.3 is 0 Å². The summed E-state index contributed by atoms with van der Waals surface area (Å²) in [6.45, 7) is 2.66. The molecule has 116 valence electrons. The number of hydrogen-bond donors (Lipinski definition) is 0. The fraction of sp³-hybridized carbons (Fsp3) is 0.500. The quantitative estimate of drug-likeness (QED) is 0.751. The lowest BCUT2D eigenvalue weighted by molar-refractivity contribution is 0.0740. The van der Waals surface area contributed by atoms with Crippen LogP contribution in [0.25, 0.3) is 0 Å². The molecular weight excluding hydrogens is 317 g/mol. The molecule has 0 heterocycles. The van der Waals surface area contributed by atoms with E-state index in [1.165, 1.54) is 6.07 Å². The lowest BCUT2D eigenvalue weighted by Crippen LogP contribution is -2.34. The fourth-order valence-electron chi connectivity index (χ4n) is 2.15. The molecule has 1 aromatic rings. The van der Waals surface area contributed by atoms with Crippen molar-refractivity contribution in [3.63, 3.8) is 0 Å². The second-order valence-electron chi connectivity index (χ2n) is 5.17. The molecular formula is C14H17ClFNO3S. The summed E-state index contributed by atoms with van der Waals surface area (Å²) in [6.07, 6.45) is 3.75. The van der Waals surface area contributed by atoms with E-state index >= 15 is 0 Å². The van der Waals surface area contributed by atoms with Gasteiger partial charge in [0.25, 0.3) is 15.0 Å². The van der Waals surface area contributed by atoms with Gasteiger partial charge in [-0.15, -0.1) is 0 Å². The van der Waals surface area contributed by atoms with Gasteiger partial charge in [-0.25, -0.2) is 12.8 Å². The number of unbranched alkanes of at least 4 members (excludes halogenated alkanes) is 1. The molecule has 7 heteroatoms. The maximum Gasteiger partial charge on any atom is 0.264 e. The summed E-state index contributed by atoms with van der Waals surface area (Å²) in [5.74, 6) is -1.22. The molecule has 4 nitrogen and oxygen atoms in total. The van der Waals surface area contributed by atoms with E-state index in [9.17, 15) is 17.6 Å². The molecule has 1 aliphatic carbocycles. The van der Waals surface area contributed by atoms with Crippen molar-refractivity contribution in [3.05, 3.63) is 29.6 Å². The van der Waals surface area contributed by atoms with E-state index in [1.807, 2.05) is 6.92 Å². The van der Waals surface area contributed by atoms with Crippen LogP contribution in [0.4, 0.5) is 4.39 Å². The number of carbonyl (C=O) groups excluding carboxylic acids is 1. The third-order valence-electron chi connectivity index (χ3n) is 3.44. The monoisotopic (exact) mass is 333 g/mol. The lowest BCUT2D eigenvalue weighted by atomic mass is 10.1. The van der Waals surface area contributed by atoms with Crippen molar-refractivity contribution in [1.29, 1.82) is 0 Å². The second-order valence-corrected chi connectivity index (χ2v) is 7.70. The third kappa shape index (κ3) is 3.95. The molecule has 1 aliphatic rings. The molecule has 0 atom stereocenters. The minimum atomic E-state index is -4.21. The van der Waals surface area contributed by atoms with Gasteiger partial charge in [-0.3, -0.25) is 4.79 Å². The summed E-state index contributed by atoms with van der Waals surface area (Å²) in [4.78, 5) is 13.6. The highest BCUT2D eigenvalue weighted by Gasteiger charge is 2.33. The van der Waals surface area contributed by atoms with Crippen molar-refractivity contribution in [2.45, 2.75) is 43.5 Å². The predicted octanol–water partition coefficient (Wildman–Crippen LogP) is 3.16. The second kappa shape index (κ2) is 6.32. The van der Waals surface area contributed by atoms with Crippen LogP contribution in [0, 0.1) is 5.82 Å². The summed E-state index contributed by atoms with van der Waals surface area (Å²) >= 11 is 0. The van der Waals surface area contributed by atoms with Crippen LogP contribution in [0.3, 0.4) is 0 Å². The number of halogens is 2. The van der Waals surface area contributed by atoms with Crippen molar-refractivity contribution in [1.82, 2.24) is 4.90 Å². The lowest BCUT2D eigenvalue weighted by Gasteiger charge is -2.22. The molecule has 0 saturated heterocycles. The maximum absolute atomic E-state index is 13.5. The van der Waals surface area contributed by atoms with E-state index in [4.69, 9.17) is 10.7 Å². The highest BCUT2D eigenvalue weighted by atomic mass is 35.7. The Morgan fingerprint density at radius 3 is 2.62 bits per heavy atom. The van der Waals surface area contributed by atoms with Crippen LogP contribution in [0.2, 0.25) is 0 Å². The van der Waals surface area contributed by atoms with Gasteiger partial charge in [-0.1, -0.05) is 13.3 Å². The van der Waals surface area contributed by atoms with E-state index in [0.717, 1.165) is 37.8 Å². The first-order chi connectivity index (χ1) is 9.84. The Kier molecular flexibility index (Phi) is 4.88. The van der Waals surface area contributed by atoms with Gasteiger partial charge in [0, 0.05) is 28.8 Å². The van der Waals surface area contributed by atoms with Gasteiger partial charge in [0.15, 0.2) is 0 Å². The molecule has 0 unspecified atom stereocenters. The number of hydrogen-bond acceptors (Lipinski definition) is 3. The fourth-order valence-corrected chi connectivity index (χ4v) is 3.08. The SMILES string of the molecule is CCCCN(C(=O)c1ccc(F)c(S(=O)(=O)Cl)c1)C1CC1. The first kappa shape index (κ1) is 16.2. The highest BCUT2D eigenvalue weighted by Crippen LogP contribution is 2.29. The Labute approximate surface area is 128 Å². The van der Waals surface area contributed by atoms with E-state index in [0.29, 0.717) is 6.54 Å². The van der Waals surface area contributed by atoms with Gasteiger partial charge in [0.1, 0.15) is 10.7 Å². The summed E-state index contributed by atoms with van der Waals surface area (Å²) in [5, 5.41) is 0. The molecule has 0 bridgehead atoms. The van der Waals surface area contributed by atoms with Gasteiger partial charge in [-0.05, 0) is 37.5 Å². The first-order valence-corrected chi connectivity index (χ1v) is 9.20. The van der Waals surface area contributed by atoms with Gasteiger partial charge in [-0.2, -0.15) is 0 Å². The Morgan fingerprint density at radius 2 is 2.10 bits per heavy atom. The molecule has 0 radical (unpaired) electrons. The topological polar surface area (TPSA) is 54.5 Å². The molecule has 1 saturated carbocycles. The van der Waals surface area contributed by atoms with Crippen molar-refractivity contribution in [3.8, 4) is 0 Å². The van der Waals surface area contributed by atoms with E-state index in [-0.39, 0.29) is 17.5 Å². The third-order valence-corrected chi connectivity index (χ3v) is 4.78. The molecule has 0 spiro atoms. The summed E-state index contributed by atoms with van der Waals surface area (Å²) in [6, 6.07) is 3.49. The van der Waals surface area contributed by atoms with E-state index in [1.54, 1.807) is 4.90 Å². The summed E-state index contributed by atoms with van der Waals surface area (Å²) in [7, 11) is 0.976. The minimum absolute atomic E-state index is 0.152. The van der Waals surface area contributed by atoms with Crippen LogP contribution in [0.15, 0.2) is 23.1 Å². The van der Waals surface area contributed by atoms with Gasteiger partial charge < -0.3 is 4.90 Å². The van der Waals surface area contributed by atoms with E-state index in [2.05, 4.69) is 0 Å². The van der Waals surface area contributed by atoms with Crippen molar-refractivity contribution in [2.75, 3.05) is 6.54 Å². The molecule has 0 aromatic heterocycles. The minimum Gasteiger partial charge on any atom is -0.336 e. The smallest absolute Gasteiger partial charge is 0.264 e. The Bertz CT molecular complexity index is 644. The summed E-state index contributed by atoms with van der Waals surface area (Å²) in [5.41, 5.74) is 0.152. The molecule has 21 heavy (non-hydrogen) atoms. The number of nitrogens with zero attached hydrogens (tertiary/aromatic N) is 1. The largest absolute Gasteiger partial charge is 0.336 e. The number of carbonyl (C=O) groups is 1. The zero-order valence-electron chi connectivity index (χ0n) is 11.7. The summed E-state index contributed by atoms with van der Waals surface area (Å²) < 4.78 is 36.1. The van der Waals surface area contributed by atoms with Crippen molar-refractivity contribution in [2.24, 2.45) is 0 Å². The molecule has 1 amide bonds. The highest BCUT2D eigenvalue weighted by molar-refractivity contribution is 8.13. The van der Waals surface area contributed by atoms with E-state index < -0.39 is 19.8 Å². The first-order valence-electron chi connectivity index (χ1n) is 6.89. The zero-order chi connectivity index (χ0) is 15.6. The number of amides is 1. The van der Waals surface area contributed by atoms with Crippen LogP contribution in [0.1, 0.15) is 43.0 Å². The zero-order valence-corrected chi connectivity index (χ0v) is 13.3. The molecule has 0 aliphatic heterocycles.